The van der Waals surface area contributed by atoms with E-state index in [0.29, 0.717) is 22.3 Å². The van der Waals surface area contributed by atoms with Crippen molar-refractivity contribution >= 4 is 22.7 Å². The van der Waals surface area contributed by atoms with Crippen molar-refractivity contribution in [1.82, 2.24) is 0 Å². The molecule has 0 spiro atoms. The van der Waals surface area contributed by atoms with Gasteiger partial charge in [0.15, 0.2) is 0 Å². The third kappa shape index (κ3) is 4.91. The Bertz CT molecular complexity index is 1380. The molecule has 0 bridgehead atoms. The predicted molar refractivity (Wildman–Crippen MR) is 136 cm³/mol. The minimum Gasteiger partial charge on any atom is -0.258 e. The van der Waals surface area contributed by atoms with Crippen LogP contribution in [0.2, 0.25) is 0 Å². The maximum Gasteiger partial charge on any atom is 0.269 e. The Morgan fingerprint density at radius 1 is 0.421 bits per heavy atom. The third-order valence-electron chi connectivity index (χ3n) is 6.33. The van der Waals surface area contributed by atoms with Crippen LogP contribution in [0.1, 0.15) is 22.3 Å². The van der Waals surface area contributed by atoms with Crippen molar-refractivity contribution < 1.29 is 19.7 Å². The highest BCUT2D eigenvalue weighted by molar-refractivity contribution is 5.56. The summed E-state index contributed by atoms with van der Waals surface area (Å²) in [7, 11) is 0. The van der Waals surface area contributed by atoms with Gasteiger partial charge >= 0.3 is 0 Å². The molecule has 4 aromatic carbocycles. The second kappa shape index (κ2) is 10.2. The molecule has 4 aromatic rings. The van der Waals surface area contributed by atoms with E-state index in [0.717, 1.165) is 0 Å². The van der Waals surface area contributed by atoms with Gasteiger partial charge < -0.3 is 0 Å². The fourth-order valence-electron chi connectivity index (χ4n) is 4.45. The van der Waals surface area contributed by atoms with E-state index in [1.165, 1.54) is 48.5 Å². The molecule has 0 aliphatic rings. The van der Waals surface area contributed by atoms with Crippen molar-refractivity contribution in [2.24, 2.45) is 0 Å². The van der Waals surface area contributed by atoms with Gasteiger partial charge in [0, 0.05) is 53.9 Å². The van der Waals surface area contributed by atoms with E-state index >= 15 is 0 Å². The smallest absolute Gasteiger partial charge is 0.258 e. The minimum absolute atomic E-state index is 0.111. The van der Waals surface area contributed by atoms with Crippen LogP contribution in [0.4, 0.5) is 22.7 Å². The van der Waals surface area contributed by atoms with E-state index < -0.39 is 25.1 Å². The van der Waals surface area contributed by atoms with Crippen LogP contribution in [-0.4, -0.2) is 19.7 Å². The van der Waals surface area contributed by atoms with Gasteiger partial charge in [-0.2, -0.15) is 0 Å². The molecule has 0 saturated carbocycles. The summed E-state index contributed by atoms with van der Waals surface area (Å²) in [5, 5.41) is 45.1. The standard InChI is InChI=1S/C26H18N4O8/c31-27(32)22-9-1-18(2-10-22)17-26(19-3-11-23(12-4-19)28(33)34,20-5-13-24(14-6-20)29(35)36)21-7-15-25(16-8-21)30(37)38/h1-16H,17H2. The minimum atomic E-state index is -1.13. The molecular formula is C26H18N4O8. The maximum atomic E-state index is 11.3. The Morgan fingerprint density at radius 3 is 0.895 bits per heavy atom. The van der Waals surface area contributed by atoms with Gasteiger partial charge in [0.1, 0.15) is 0 Å². The molecule has 0 heterocycles. The Balaban J connectivity index is 2.00. The van der Waals surface area contributed by atoms with E-state index in [4.69, 9.17) is 0 Å². The number of hydrogen-bond donors (Lipinski definition) is 0. The van der Waals surface area contributed by atoms with E-state index in [1.54, 1.807) is 48.5 Å². The van der Waals surface area contributed by atoms with Crippen molar-refractivity contribution in [2.45, 2.75) is 11.8 Å². The van der Waals surface area contributed by atoms with Crippen molar-refractivity contribution in [3.8, 4) is 0 Å². The average molecular weight is 514 g/mol. The first-order chi connectivity index (χ1) is 18.1. The second-order valence-electron chi connectivity index (χ2n) is 8.42. The highest BCUT2D eigenvalue weighted by Crippen LogP contribution is 2.43. The van der Waals surface area contributed by atoms with Crippen LogP contribution in [0, 0.1) is 40.5 Å². The number of nitro benzene ring substituents is 4. The number of non-ortho nitro benzene ring substituents is 4. The number of benzene rings is 4. The third-order valence-corrected chi connectivity index (χ3v) is 6.33. The molecule has 0 fully saturated rings. The summed E-state index contributed by atoms with van der Waals surface area (Å²) < 4.78 is 0. The lowest BCUT2D eigenvalue weighted by Gasteiger charge is -2.36. The van der Waals surface area contributed by atoms with Crippen LogP contribution in [0.5, 0.6) is 0 Å². The molecule has 0 saturated heterocycles. The zero-order chi connectivity index (χ0) is 27.4. The largest absolute Gasteiger partial charge is 0.269 e. The molecule has 190 valence electrons. The molecule has 0 aromatic heterocycles. The lowest BCUT2D eigenvalue weighted by atomic mass is 9.66. The molecule has 0 radical (unpaired) electrons. The molecule has 0 unspecified atom stereocenters. The van der Waals surface area contributed by atoms with Crippen LogP contribution in [0.25, 0.3) is 0 Å². The van der Waals surface area contributed by atoms with Crippen molar-refractivity contribution in [3.63, 3.8) is 0 Å². The summed E-state index contributed by atoms with van der Waals surface area (Å²) in [4.78, 5) is 42.9. The van der Waals surface area contributed by atoms with Gasteiger partial charge in [-0.3, -0.25) is 40.5 Å². The number of hydrogen-bond acceptors (Lipinski definition) is 8. The summed E-state index contributed by atoms with van der Waals surface area (Å²) in [5.41, 5.74) is 0.694. The fourth-order valence-corrected chi connectivity index (χ4v) is 4.45. The van der Waals surface area contributed by atoms with Crippen LogP contribution < -0.4 is 0 Å². The quantitative estimate of drug-likeness (QED) is 0.151. The van der Waals surface area contributed by atoms with Crippen LogP contribution in [0.15, 0.2) is 97.1 Å². The van der Waals surface area contributed by atoms with E-state index in [1.807, 2.05) is 0 Å². The first kappa shape index (κ1) is 25.6. The molecule has 0 aliphatic heterocycles. The van der Waals surface area contributed by atoms with Crippen molar-refractivity contribution in [2.75, 3.05) is 0 Å². The van der Waals surface area contributed by atoms with Gasteiger partial charge in [0.05, 0.1) is 19.7 Å². The maximum absolute atomic E-state index is 11.3. The van der Waals surface area contributed by atoms with Gasteiger partial charge in [-0.25, -0.2) is 0 Å². The van der Waals surface area contributed by atoms with Gasteiger partial charge in [0.2, 0.25) is 0 Å². The molecular weight excluding hydrogens is 496 g/mol. The van der Waals surface area contributed by atoms with E-state index in [-0.39, 0.29) is 29.2 Å². The molecule has 12 heteroatoms. The molecule has 0 amide bonds. The second-order valence-corrected chi connectivity index (χ2v) is 8.42. The first-order valence-electron chi connectivity index (χ1n) is 11.1. The topological polar surface area (TPSA) is 173 Å². The lowest BCUT2D eigenvalue weighted by Crippen LogP contribution is -2.32. The Labute approximate surface area is 214 Å². The summed E-state index contributed by atoms with van der Waals surface area (Å²) in [6.07, 6.45) is 0.179. The first-order valence-corrected chi connectivity index (χ1v) is 11.1. The summed E-state index contributed by atoms with van der Waals surface area (Å²) in [5.74, 6) is 0. The van der Waals surface area contributed by atoms with Gasteiger partial charge in [-0.1, -0.05) is 48.5 Å². The summed E-state index contributed by atoms with van der Waals surface area (Å²) in [6, 6.07) is 23.2. The predicted octanol–water partition coefficient (Wildman–Crippen LogP) is 5.90. The van der Waals surface area contributed by atoms with Gasteiger partial charge in [-0.05, 0) is 28.7 Å². The molecule has 0 aliphatic carbocycles. The molecule has 0 atom stereocenters. The van der Waals surface area contributed by atoms with Gasteiger partial charge in [-0.15, -0.1) is 0 Å². The number of nitrogens with zero attached hydrogens (tertiary/aromatic N) is 4. The zero-order valence-corrected chi connectivity index (χ0v) is 19.5. The Kier molecular flexibility index (Phi) is 6.88. The summed E-state index contributed by atoms with van der Waals surface area (Å²) in [6.45, 7) is 0. The van der Waals surface area contributed by atoms with E-state index in [2.05, 4.69) is 0 Å². The highest BCUT2D eigenvalue weighted by Gasteiger charge is 2.38. The van der Waals surface area contributed by atoms with Crippen molar-refractivity contribution in [3.05, 3.63) is 160 Å². The average Bonchev–Trinajstić information content (AvgIpc) is 2.92. The SMILES string of the molecule is O=[N+]([O-])c1ccc(CC(c2ccc([N+](=O)[O-])cc2)(c2ccc([N+](=O)[O-])cc2)c2ccc([N+](=O)[O-])cc2)cc1. The lowest BCUT2D eigenvalue weighted by molar-refractivity contribution is -0.385. The number of rotatable bonds is 9. The number of nitro groups is 4. The molecule has 0 N–H and O–H groups in total. The van der Waals surface area contributed by atoms with Crippen LogP contribution in [-0.2, 0) is 11.8 Å². The van der Waals surface area contributed by atoms with Gasteiger partial charge in [0.25, 0.3) is 22.7 Å². The molecule has 38 heavy (non-hydrogen) atoms. The van der Waals surface area contributed by atoms with Crippen molar-refractivity contribution in [1.29, 1.82) is 0 Å². The molecule has 4 rings (SSSR count). The monoisotopic (exact) mass is 514 g/mol. The Morgan fingerprint density at radius 2 is 0.658 bits per heavy atom. The highest BCUT2D eigenvalue weighted by atomic mass is 16.6. The van der Waals surface area contributed by atoms with Crippen LogP contribution >= 0.6 is 0 Å². The van der Waals surface area contributed by atoms with E-state index in [9.17, 15) is 40.5 Å². The molecule has 12 nitrogen and oxygen atoms in total. The van der Waals surface area contributed by atoms with Crippen LogP contribution in [0.3, 0.4) is 0 Å². The fraction of sp³-hybridized carbons (Fsp3) is 0.0769. The zero-order valence-electron chi connectivity index (χ0n) is 19.5. The Hall–Kier alpha value is -5.52. The normalized spacial score (nSPS) is 11.1. The summed E-state index contributed by atoms with van der Waals surface area (Å²) >= 11 is 0.